The van der Waals surface area contributed by atoms with E-state index in [2.05, 4.69) is 11.8 Å². The number of piperidine rings is 2. The van der Waals surface area contributed by atoms with Crippen molar-refractivity contribution in [3.8, 4) is 0 Å². The van der Waals surface area contributed by atoms with Crippen LogP contribution in [-0.4, -0.2) is 66.9 Å². The summed E-state index contributed by atoms with van der Waals surface area (Å²) in [6.45, 7) is 12.2. The minimum absolute atomic E-state index is 0.163. The number of hydrogen-bond acceptors (Lipinski definition) is 4. The lowest BCUT2D eigenvalue weighted by molar-refractivity contribution is 0.00113. The average Bonchev–Trinajstić information content (AvgIpc) is 2.46. The van der Waals surface area contributed by atoms with E-state index in [9.17, 15) is 4.79 Å². The maximum absolute atomic E-state index is 12.3. The van der Waals surface area contributed by atoms with Gasteiger partial charge in [-0.2, -0.15) is 0 Å². The number of rotatable bonds is 3. The zero-order valence-electron chi connectivity index (χ0n) is 15.5. The van der Waals surface area contributed by atoms with E-state index in [1.807, 2.05) is 32.8 Å². The fourth-order valence-corrected chi connectivity index (χ4v) is 3.72. The van der Waals surface area contributed by atoms with Crippen molar-refractivity contribution in [3.63, 3.8) is 0 Å². The second-order valence-corrected chi connectivity index (χ2v) is 8.15. The summed E-state index contributed by atoms with van der Waals surface area (Å²) in [6, 6.07) is 0.264. The molecule has 0 aromatic rings. The van der Waals surface area contributed by atoms with E-state index < -0.39 is 5.60 Å². The van der Waals surface area contributed by atoms with E-state index in [4.69, 9.17) is 9.47 Å². The van der Waals surface area contributed by atoms with Crippen molar-refractivity contribution in [2.75, 3.05) is 33.3 Å². The molecule has 2 saturated heterocycles. The predicted molar refractivity (Wildman–Crippen MR) is 91.6 cm³/mol. The van der Waals surface area contributed by atoms with Gasteiger partial charge in [0.2, 0.25) is 0 Å². The fourth-order valence-electron chi connectivity index (χ4n) is 3.72. The van der Waals surface area contributed by atoms with Crippen molar-refractivity contribution >= 4 is 6.09 Å². The molecular formula is C18H34N2O3. The molecule has 5 heteroatoms. The van der Waals surface area contributed by atoms with E-state index >= 15 is 0 Å². The summed E-state index contributed by atoms with van der Waals surface area (Å²) < 4.78 is 11.0. The average molecular weight is 326 g/mol. The highest BCUT2D eigenvalue weighted by Crippen LogP contribution is 2.26. The molecule has 23 heavy (non-hydrogen) atoms. The molecule has 0 bridgehead atoms. The quantitative estimate of drug-likeness (QED) is 0.799. The Labute approximate surface area is 141 Å². The number of amides is 1. The summed E-state index contributed by atoms with van der Waals surface area (Å²) in [5, 5.41) is 0. The van der Waals surface area contributed by atoms with Gasteiger partial charge in [-0.15, -0.1) is 0 Å². The fraction of sp³-hybridized carbons (Fsp3) is 0.944. The highest BCUT2D eigenvalue weighted by Gasteiger charge is 2.32. The molecule has 2 rings (SSSR count). The number of carbonyl (C=O) groups is 1. The van der Waals surface area contributed by atoms with Crippen molar-refractivity contribution < 1.29 is 14.3 Å². The number of likely N-dealkylation sites (tertiary alicyclic amines) is 2. The van der Waals surface area contributed by atoms with Gasteiger partial charge in [0.1, 0.15) is 5.60 Å². The molecule has 0 aromatic heterocycles. The summed E-state index contributed by atoms with van der Waals surface area (Å²) in [5.74, 6) is 0.683. The second-order valence-electron chi connectivity index (χ2n) is 8.15. The van der Waals surface area contributed by atoms with E-state index in [1.165, 1.54) is 0 Å². The van der Waals surface area contributed by atoms with Crippen LogP contribution in [0.1, 0.15) is 53.4 Å². The van der Waals surface area contributed by atoms with Crippen LogP contribution in [0.25, 0.3) is 0 Å². The van der Waals surface area contributed by atoms with Gasteiger partial charge in [0, 0.05) is 39.3 Å². The van der Waals surface area contributed by atoms with Gasteiger partial charge in [-0.3, -0.25) is 0 Å². The summed E-state index contributed by atoms with van der Waals surface area (Å²) in [4.78, 5) is 16.7. The first-order valence-corrected chi connectivity index (χ1v) is 9.03. The van der Waals surface area contributed by atoms with Crippen LogP contribution in [0.4, 0.5) is 4.79 Å². The van der Waals surface area contributed by atoms with E-state index in [1.54, 1.807) is 0 Å². The lowest BCUT2D eigenvalue weighted by Crippen LogP contribution is -2.49. The highest BCUT2D eigenvalue weighted by atomic mass is 16.6. The van der Waals surface area contributed by atoms with Gasteiger partial charge in [0.05, 0.1) is 6.10 Å². The molecule has 0 unspecified atom stereocenters. The van der Waals surface area contributed by atoms with Crippen molar-refractivity contribution in [2.24, 2.45) is 5.92 Å². The number of nitrogens with zero attached hydrogens (tertiary/aromatic N) is 2. The minimum Gasteiger partial charge on any atom is -0.444 e. The zero-order chi connectivity index (χ0) is 17.0. The monoisotopic (exact) mass is 326 g/mol. The molecule has 2 aliphatic rings. The van der Waals surface area contributed by atoms with Crippen molar-refractivity contribution in [2.45, 2.75) is 71.1 Å². The topological polar surface area (TPSA) is 42.0 Å². The molecule has 0 saturated carbocycles. The molecule has 2 heterocycles. The van der Waals surface area contributed by atoms with E-state index in [-0.39, 0.29) is 12.1 Å². The van der Waals surface area contributed by atoms with Crippen LogP contribution in [0.5, 0.6) is 0 Å². The van der Waals surface area contributed by atoms with Crippen LogP contribution >= 0.6 is 0 Å². The third kappa shape index (κ3) is 5.64. The largest absolute Gasteiger partial charge is 0.444 e. The SMILES string of the molecule is COC1CCN(C[C@@H]2CCN(C(=O)OC(C)(C)C)[C@@H](C)C2)CC1. The third-order valence-corrected chi connectivity index (χ3v) is 5.00. The minimum atomic E-state index is -0.417. The first-order chi connectivity index (χ1) is 10.8. The molecule has 2 atom stereocenters. The molecular weight excluding hydrogens is 292 g/mol. The molecule has 134 valence electrons. The Balaban J connectivity index is 1.76. The Kier molecular flexibility index (Phi) is 6.32. The molecule has 0 radical (unpaired) electrons. The summed E-state index contributed by atoms with van der Waals surface area (Å²) in [5.41, 5.74) is -0.417. The molecule has 0 aliphatic carbocycles. The molecule has 0 aromatic carbocycles. The van der Waals surface area contributed by atoms with Crippen LogP contribution in [0.15, 0.2) is 0 Å². The van der Waals surface area contributed by atoms with Gasteiger partial charge in [-0.25, -0.2) is 4.79 Å². The second kappa shape index (κ2) is 7.84. The van der Waals surface area contributed by atoms with Crippen LogP contribution in [0.2, 0.25) is 0 Å². The number of ether oxygens (including phenoxy) is 2. The molecule has 1 amide bonds. The van der Waals surface area contributed by atoms with Crippen molar-refractivity contribution in [3.05, 3.63) is 0 Å². The van der Waals surface area contributed by atoms with Crippen LogP contribution in [0, 0.1) is 5.92 Å². The van der Waals surface area contributed by atoms with Gasteiger partial charge in [-0.1, -0.05) is 0 Å². The number of methoxy groups -OCH3 is 1. The molecule has 2 aliphatic heterocycles. The lowest BCUT2D eigenvalue weighted by atomic mass is 9.90. The predicted octanol–water partition coefficient (Wildman–Crippen LogP) is 3.13. The van der Waals surface area contributed by atoms with Gasteiger partial charge < -0.3 is 19.3 Å². The Morgan fingerprint density at radius 1 is 1.13 bits per heavy atom. The first kappa shape index (κ1) is 18.5. The number of hydrogen-bond donors (Lipinski definition) is 0. The molecule has 2 fully saturated rings. The summed E-state index contributed by atoms with van der Waals surface area (Å²) in [6.07, 6.45) is 4.71. The normalized spacial score (nSPS) is 28.0. The lowest BCUT2D eigenvalue weighted by Gasteiger charge is -2.41. The smallest absolute Gasteiger partial charge is 0.410 e. The molecule has 5 nitrogen and oxygen atoms in total. The molecule has 0 N–H and O–H groups in total. The van der Waals surface area contributed by atoms with Crippen molar-refractivity contribution in [1.29, 1.82) is 0 Å². The van der Waals surface area contributed by atoms with E-state index in [0.717, 1.165) is 51.9 Å². The van der Waals surface area contributed by atoms with Crippen molar-refractivity contribution in [1.82, 2.24) is 9.80 Å². The standard InChI is InChI=1S/C18H34N2O3/c1-14-12-15(13-19-9-7-16(22-5)8-10-19)6-11-20(14)17(21)23-18(2,3)4/h14-16H,6-13H2,1-5H3/t14-,15+/m0/s1. The zero-order valence-corrected chi connectivity index (χ0v) is 15.5. The van der Waals surface area contributed by atoms with Gasteiger partial charge in [-0.05, 0) is 59.3 Å². The Hall–Kier alpha value is -0.810. The summed E-state index contributed by atoms with van der Waals surface area (Å²) >= 11 is 0. The first-order valence-electron chi connectivity index (χ1n) is 9.03. The highest BCUT2D eigenvalue weighted by molar-refractivity contribution is 5.68. The maximum atomic E-state index is 12.3. The Morgan fingerprint density at radius 2 is 1.78 bits per heavy atom. The maximum Gasteiger partial charge on any atom is 0.410 e. The van der Waals surface area contributed by atoms with Crippen LogP contribution in [-0.2, 0) is 9.47 Å². The summed E-state index contributed by atoms with van der Waals surface area (Å²) in [7, 11) is 1.81. The van der Waals surface area contributed by atoms with Gasteiger partial charge in [0.25, 0.3) is 0 Å². The van der Waals surface area contributed by atoms with Crippen LogP contribution < -0.4 is 0 Å². The van der Waals surface area contributed by atoms with E-state index in [0.29, 0.717) is 12.0 Å². The Morgan fingerprint density at radius 3 is 2.30 bits per heavy atom. The number of carbonyl (C=O) groups excluding carboxylic acids is 1. The van der Waals surface area contributed by atoms with Crippen LogP contribution in [0.3, 0.4) is 0 Å². The third-order valence-electron chi connectivity index (χ3n) is 5.00. The van der Waals surface area contributed by atoms with Gasteiger partial charge in [0.15, 0.2) is 0 Å². The molecule has 0 spiro atoms. The van der Waals surface area contributed by atoms with Gasteiger partial charge >= 0.3 is 6.09 Å². The Bertz CT molecular complexity index is 386.